The van der Waals surface area contributed by atoms with Crippen LogP contribution in [0.15, 0.2) is 58.4 Å². The lowest BCUT2D eigenvalue weighted by Gasteiger charge is -2.14. The molecule has 0 spiro atoms. The van der Waals surface area contributed by atoms with Crippen molar-refractivity contribution in [1.82, 2.24) is 15.1 Å². The van der Waals surface area contributed by atoms with Crippen LogP contribution < -0.4 is 20.3 Å². The Morgan fingerprint density at radius 2 is 1.97 bits per heavy atom. The molecule has 1 aromatic heterocycles. The monoisotopic (exact) mass is 487 g/mol. The van der Waals surface area contributed by atoms with E-state index in [0.29, 0.717) is 40.4 Å². The first kappa shape index (κ1) is 24.7. The van der Waals surface area contributed by atoms with Gasteiger partial charge >= 0.3 is 0 Å². The molecule has 0 aliphatic carbocycles. The van der Waals surface area contributed by atoms with E-state index in [0.717, 1.165) is 11.1 Å². The Kier molecular flexibility index (Phi) is 8.41. The molecule has 3 aromatic rings. The van der Waals surface area contributed by atoms with Crippen LogP contribution in [0.4, 0.5) is 0 Å². The molecule has 0 unspecified atom stereocenters. The topological polar surface area (TPSA) is 82.5 Å². The molecule has 33 heavy (non-hydrogen) atoms. The summed E-state index contributed by atoms with van der Waals surface area (Å²) in [6.07, 6.45) is 0. The molecule has 1 heterocycles. The molecule has 174 valence electrons. The molecule has 3 rings (SSSR count). The van der Waals surface area contributed by atoms with Crippen molar-refractivity contribution in [2.75, 3.05) is 13.7 Å². The number of halogens is 1. The zero-order valence-electron chi connectivity index (χ0n) is 18.9. The molecule has 0 fully saturated rings. The van der Waals surface area contributed by atoms with Gasteiger partial charge in [-0.3, -0.25) is 9.59 Å². The summed E-state index contributed by atoms with van der Waals surface area (Å²) in [5.74, 6) is 1.13. The second-order valence-corrected chi connectivity index (χ2v) is 9.02. The number of carbonyl (C=O) groups excluding carboxylic acids is 1. The van der Waals surface area contributed by atoms with E-state index in [2.05, 4.69) is 10.4 Å². The van der Waals surface area contributed by atoms with Crippen molar-refractivity contribution in [3.8, 4) is 17.2 Å². The highest BCUT2D eigenvalue weighted by Gasteiger charge is 2.16. The van der Waals surface area contributed by atoms with Crippen molar-refractivity contribution in [2.24, 2.45) is 0 Å². The predicted octanol–water partition coefficient (Wildman–Crippen LogP) is 4.40. The Hall–Kier alpha value is -2.97. The average Bonchev–Trinajstić information content (AvgIpc) is 2.81. The second-order valence-electron chi connectivity index (χ2n) is 7.25. The summed E-state index contributed by atoms with van der Waals surface area (Å²) < 4.78 is 12.2. The van der Waals surface area contributed by atoms with Crippen LogP contribution in [0, 0.1) is 6.92 Å². The SMILES string of the molecule is CCOc1ccc(CNC(=O)[C@@H](C)Sc2ccc(=O)n(-c3ccc(C)c(Cl)c3)n2)cc1OC. The van der Waals surface area contributed by atoms with Crippen LogP contribution in [0.1, 0.15) is 25.0 Å². The molecule has 7 nitrogen and oxygen atoms in total. The highest BCUT2D eigenvalue weighted by Crippen LogP contribution is 2.28. The Morgan fingerprint density at radius 3 is 2.67 bits per heavy atom. The third-order valence-corrected chi connectivity index (χ3v) is 6.27. The first-order chi connectivity index (χ1) is 15.8. The molecule has 0 aliphatic rings. The van der Waals surface area contributed by atoms with Gasteiger partial charge < -0.3 is 14.8 Å². The molecule has 9 heteroatoms. The largest absolute Gasteiger partial charge is 0.493 e. The third kappa shape index (κ3) is 6.30. The number of aromatic nitrogens is 2. The van der Waals surface area contributed by atoms with Gasteiger partial charge in [-0.05, 0) is 62.2 Å². The minimum absolute atomic E-state index is 0.147. The van der Waals surface area contributed by atoms with Gasteiger partial charge in [-0.1, -0.05) is 35.5 Å². The van der Waals surface area contributed by atoms with E-state index >= 15 is 0 Å². The van der Waals surface area contributed by atoms with Gasteiger partial charge in [0.1, 0.15) is 5.03 Å². The number of amides is 1. The number of aryl methyl sites for hydroxylation is 1. The number of rotatable bonds is 9. The lowest BCUT2D eigenvalue weighted by Crippen LogP contribution is -2.30. The Morgan fingerprint density at radius 1 is 1.18 bits per heavy atom. The normalized spacial score (nSPS) is 11.7. The molecular weight excluding hydrogens is 462 g/mol. The lowest BCUT2D eigenvalue weighted by molar-refractivity contribution is -0.120. The lowest BCUT2D eigenvalue weighted by atomic mass is 10.2. The number of methoxy groups -OCH3 is 1. The summed E-state index contributed by atoms with van der Waals surface area (Å²) in [5, 5.41) is 8.01. The summed E-state index contributed by atoms with van der Waals surface area (Å²) in [5.41, 5.74) is 2.10. The smallest absolute Gasteiger partial charge is 0.271 e. The summed E-state index contributed by atoms with van der Waals surface area (Å²) in [4.78, 5) is 25.0. The van der Waals surface area contributed by atoms with E-state index in [-0.39, 0.29) is 11.5 Å². The fourth-order valence-electron chi connectivity index (χ4n) is 3.02. The minimum atomic E-state index is -0.422. The van der Waals surface area contributed by atoms with Gasteiger partial charge in [-0.2, -0.15) is 9.78 Å². The van der Waals surface area contributed by atoms with Crippen LogP contribution in [0.3, 0.4) is 0 Å². The highest BCUT2D eigenvalue weighted by molar-refractivity contribution is 8.00. The molecular formula is C24H26ClN3O4S. The van der Waals surface area contributed by atoms with Gasteiger partial charge in [0.25, 0.3) is 5.56 Å². The number of thioether (sulfide) groups is 1. The number of carbonyl (C=O) groups is 1. The second kappa shape index (κ2) is 11.2. The van der Waals surface area contributed by atoms with Crippen LogP contribution >= 0.6 is 23.4 Å². The van der Waals surface area contributed by atoms with Crippen LogP contribution in [0.2, 0.25) is 5.02 Å². The van der Waals surface area contributed by atoms with E-state index in [1.165, 1.54) is 22.5 Å². The van der Waals surface area contributed by atoms with Crippen LogP contribution in [-0.4, -0.2) is 34.7 Å². The van der Waals surface area contributed by atoms with E-state index in [4.69, 9.17) is 21.1 Å². The first-order valence-corrected chi connectivity index (χ1v) is 11.7. The molecule has 1 amide bonds. The van der Waals surface area contributed by atoms with Crippen molar-refractivity contribution in [3.05, 3.63) is 75.0 Å². The molecule has 2 aromatic carbocycles. The first-order valence-electron chi connectivity index (χ1n) is 10.4. The Labute approximate surface area is 202 Å². The fraction of sp³-hybridized carbons (Fsp3) is 0.292. The Bertz CT molecular complexity index is 1200. The highest BCUT2D eigenvalue weighted by atomic mass is 35.5. The molecule has 0 saturated heterocycles. The number of nitrogens with one attached hydrogen (secondary N) is 1. The third-order valence-electron chi connectivity index (χ3n) is 4.84. The predicted molar refractivity (Wildman–Crippen MR) is 131 cm³/mol. The fourth-order valence-corrected chi connectivity index (χ4v) is 4.02. The zero-order chi connectivity index (χ0) is 24.0. The van der Waals surface area contributed by atoms with Crippen molar-refractivity contribution < 1.29 is 14.3 Å². The molecule has 1 atom stereocenters. The number of nitrogens with zero attached hydrogens (tertiary/aromatic N) is 2. The van der Waals surface area contributed by atoms with Crippen LogP contribution in [-0.2, 0) is 11.3 Å². The van der Waals surface area contributed by atoms with Crippen molar-refractivity contribution in [2.45, 2.75) is 37.6 Å². The van der Waals surface area contributed by atoms with Gasteiger partial charge in [-0.25, -0.2) is 0 Å². The zero-order valence-corrected chi connectivity index (χ0v) is 20.5. The molecule has 1 N–H and O–H groups in total. The number of hydrogen-bond acceptors (Lipinski definition) is 6. The van der Waals surface area contributed by atoms with Crippen LogP contribution in [0.5, 0.6) is 11.5 Å². The molecule has 0 radical (unpaired) electrons. The van der Waals surface area contributed by atoms with Gasteiger partial charge in [0.15, 0.2) is 11.5 Å². The maximum Gasteiger partial charge on any atom is 0.271 e. The quantitative estimate of drug-likeness (QED) is 0.450. The Balaban J connectivity index is 1.66. The maximum absolute atomic E-state index is 12.6. The van der Waals surface area contributed by atoms with Crippen molar-refractivity contribution >= 4 is 29.3 Å². The van der Waals surface area contributed by atoms with E-state index in [1.54, 1.807) is 32.2 Å². The van der Waals surface area contributed by atoms with Crippen LogP contribution in [0.25, 0.3) is 5.69 Å². The van der Waals surface area contributed by atoms with E-state index in [9.17, 15) is 9.59 Å². The molecule has 0 bridgehead atoms. The standard InChI is InChI=1S/C24H26ClN3O4S/c1-5-32-20-9-7-17(12-21(20)31-4)14-26-24(30)16(3)33-22-10-11-23(29)28(27-22)18-8-6-15(2)19(25)13-18/h6-13,16H,5,14H2,1-4H3,(H,26,30)/t16-/m1/s1. The maximum atomic E-state index is 12.6. The van der Waals surface area contributed by atoms with Crippen molar-refractivity contribution in [1.29, 1.82) is 0 Å². The van der Waals surface area contributed by atoms with Gasteiger partial charge in [-0.15, -0.1) is 0 Å². The molecule has 0 saturated carbocycles. The average molecular weight is 488 g/mol. The molecule has 0 aliphatic heterocycles. The van der Waals surface area contributed by atoms with E-state index in [1.807, 2.05) is 38.1 Å². The van der Waals surface area contributed by atoms with Gasteiger partial charge in [0.05, 0.1) is 24.7 Å². The summed E-state index contributed by atoms with van der Waals surface area (Å²) >= 11 is 7.46. The van der Waals surface area contributed by atoms with Gasteiger partial charge in [0, 0.05) is 17.6 Å². The number of ether oxygens (including phenoxy) is 2. The summed E-state index contributed by atoms with van der Waals surface area (Å²) in [6.45, 7) is 6.47. The van der Waals surface area contributed by atoms with Gasteiger partial charge in [0.2, 0.25) is 5.91 Å². The number of hydrogen-bond donors (Lipinski definition) is 1. The summed E-state index contributed by atoms with van der Waals surface area (Å²) in [7, 11) is 1.58. The van der Waals surface area contributed by atoms with Crippen molar-refractivity contribution in [3.63, 3.8) is 0 Å². The van der Waals surface area contributed by atoms with E-state index < -0.39 is 5.25 Å². The number of benzene rings is 2. The summed E-state index contributed by atoms with van der Waals surface area (Å²) in [6, 6.07) is 13.9. The minimum Gasteiger partial charge on any atom is -0.493 e.